The Hall–Kier alpha value is -0.580. The van der Waals surface area contributed by atoms with E-state index in [9.17, 15) is 0 Å². The molecular weight excluding hydrogens is 268 g/mol. The van der Waals surface area contributed by atoms with E-state index in [0.29, 0.717) is 6.04 Å². The molecule has 0 radical (unpaired) electrons. The van der Waals surface area contributed by atoms with Crippen LogP contribution in [0.3, 0.4) is 0 Å². The van der Waals surface area contributed by atoms with Crippen LogP contribution < -0.4 is 10.6 Å². The number of benzene rings is 1. The lowest BCUT2D eigenvalue weighted by Gasteiger charge is -2.11. The van der Waals surface area contributed by atoms with Crippen molar-refractivity contribution in [2.75, 3.05) is 31.6 Å². The predicted molar refractivity (Wildman–Crippen MR) is 69.9 cm³/mol. The maximum Gasteiger partial charge on any atom is 0.0620 e. The third-order valence-electron chi connectivity index (χ3n) is 2.64. The molecule has 1 saturated heterocycles. The summed E-state index contributed by atoms with van der Waals surface area (Å²) >= 11 is 3.45. The molecule has 2 N–H and O–H groups in total. The highest BCUT2D eigenvalue weighted by Gasteiger charge is 2.13. The summed E-state index contributed by atoms with van der Waals surface area (Å²) in [5.41, 5.74) is 1.15. The molecule has 1 unspecified atom stereocenters. The summed E-state index contributed by atoms with van der Waals surface area (Å²) in [5, 5.41) is 6.84. The fourth-order valence-electron chi connectivity index (χ4n) is 1.78. The summed E-state index contributed by atoms with van der Waals surface area (Å²) in [4.78, 5) is 0. The Bertz CT molecular complexity index is 327. The Labute approximate surface area is 105 Å². The van der Waals surface area contributed by atoms with E-state index < -0.39 is 0 Å². The van der Waals surface area contributed by atoms with Crippen LogP contribution in [0.1, 0.15) is 6.42 Å². The van der Waals surface area contributed by atoms with Gasteiger partial charge < -0.3 is 15.4 Å². The first-order valence-electron chi connectivity index (χ1n) is 5.65. The lowest BCUT2D eigenvalue weighted by atomic mass is 10.2. The summed E-state index contributed by atoms with van der Waals surface area (Å²) in [6, 6.07) is 8.76. The molecule has 1 aromatic carbocycles. The summed E-state index contributed by atoms with van der Waals surface area (Å²) in [6.45, 7) is 3.67. The topological polar surface area (TPSA) is 33.3 Å². The molecule has 1 aliphatic heterocycles. The van der Waals surface area contributed by atoms with Crippen molar-refractivity contribution in [1.82, 2.24) is 5.32 Å². The van der Waals surface area contributed by atoms with Gasteiger partial charge in [-0.15, -0.1) is 0 Å². The highest BCUT2D eigenvalue weighted by Crippen LogP contribution is 2.15. The number of hydrogen-bond acceptors (Lipinski definition) is 3. The van der Waals surface area contributed by atoms with Gasteiger partial charge >= 0.3 is 0 Å². The molecule has 0 aromatic heterocycles. The molecule has 0 bridgehead atoms. The molecule has 88 valence electrons. The van der Waals surface area contributed by atoms with E-state index in [1.54, 1.807) is 0 Å². The van der Waals surface area contributed by atoms with Crippen molar-refractivity contribution in [3.63, 3.8) is 0 Å². The average Bonchev–Trinajstić information content (AvgIpc) is 2.77. The van der Waals surface area contributed by atoms with E-state index in [1.165, 1.54) is 0 Å². The number of halogens is 1. The van der Waals surface area contributed by atoms with Crippen LogP contribution in [0.15, 0.2) is 28.7 Å². The molecule has 1 aromatic rings. The Morgan fingerprint density at radius 2 is 2.31 bits per heavy atom. The van der Waals surface area contributed by atoms with Gasteiger partial charge in [0.15, 0.2) is 0 Å². The van der Waals surface area contributed by atoms with Gasteiger partial charge in [-0.2, -0.15) is 0 Å². The van der Waals surface area contributed by atoms with Gasteiger partial charge in [0.2, 0.25) is 0 Å². The van der Waals surface area contributed by atoms with Gasteiger partial charge in [0, 0.05) is 35.9 Å². The van der Waals surface area contributed by atoms with Gasteiger partial charge in [0.1, 0.15) is 0 Å². The fraction of sp³-hybridized carbons (Fsp3) is 0.500. The molecule has 1 atom stereocenters. The van der Waals surface area contributed by atoms with Crippen molar-refractivity contribution in [1.29, 1.82) is 0 Å². The van der Waals surface area contributed by atoms with Gasteiger partial charge in [-0.1, -0.05) is 22.0 Å². The van der Waals surface area contributed by atoms with Crippen molar-refractivity contribution in [3.8, 4) is 0 Å². The highest BCUT2D eigenvalue weighted by atomic mass is 79.9. The minimum Gasteiger partial charge on any atom is -0.384 e. The van der Waals surface area contributed by atoms with Crippen molar-refractivity contribution in [2.45, 2.75) is 12.5 Å². The third kappa shape index (κ3) is 3.77. The van der Waals surface area contributed by atoms with E-state index in [-0.39, 0.29) is 0 Å². The van der Waals surface area contributed by atoms with E-state index in [2.05, 4.69) is 38.7 Å². The maximum atomic E-state index is 5.30. The van der Waals surface area contributed by atoms with Crippen molar-refractivity contribution in [2.24, 2.45) is 0 Å². The fourth-order valence-corrected chi connectivity index (χ4v) is 2.18. The molecule has 1 aliphatic rings. The zero-order valence-electron chi connectivity index (χ0n) is 9.21. The van der Waals surface area contributed by atoms with Gasteiger partial charge in [0.05, 0.1) is 6.61 Å². The third-order valence-corrected chi connectivity index (χ3v) is 3.13. The maximum absolute atomic E-state index is 5.30. The predicted octanol–water partition coefficient (Wildman–Crippen LogP) is 2.24. The average molecular weight is 285 g/mol. The molecule has 0 saturated carbocycles. The molecule has 3 nitrogen and oxygen atoms in total. The SMILES string of the molecule is Brc1cccc(NCCNC2CCOC2)c1. The molecule has 2 rings (SSSR count). The van der Waals surface area contributed by atoms with E-state index in [1.807, 2.05) is 12.1 Å². The second-order valence-corrected chi connectivity index (χ2v) is 4.87. The largest absolute Gasteiger partial charge is 0.384 e. The molecule has 0 amide bonds. The van der Waals surface area contributed by atoms with Crippen molar-refractivity contribution in [3.05, 3.63) is 28.7 Å². The summed E-state index contributed by atoms with van der Waals surface area (Å²) in [7, 11) is 0. The van der Waals surface area contributed by atoms with Crippen LogP contribution in [0.25, 0.3) is 0 Å². The second-order valence-electron chi connectivity index (χ2n) is 3.95. The lowest BCUT2D eigenvalue weighted by molar-refractivity contribution is 0.190. The number of nitrogens with one attached hydrogen (secondary N) is 2. The van der Waals surface area contributed by atoms with E-state index in [4.69, 9.17) is 4.74 Å². The van der Waals surface area contributed by atoms with Crippen LogP contribution in [0, 0.1) is 0 Å². The summed E-state index contributed by atoms with van der Waals surface area (Å²) < 4.78 is 6.41. The first-order valence-corrected chi connectivity index (χ1v) is 6.44. The van der Waals surface area contributed by atoms with E-state index in [0.717, 1.165) is 42.9 Å². The normalized spacial score (nSPS) is 19.9. The van der Waals surface area contributed by atoms with Crippen molar-refractivity contribution < 1.29 is 4.74 Å². The lowest BCUT2D eigenvalue weighted by Crippen LogP contribution is -2.33. The van der Waals surface area contributed by atoms with Gasteiger partial charge in [-0.25, -0.2) is 0 Å². The van der Waals surface area contributed by atoms with Gasteiger partial charge in [-0.3, -0.25) is 0 Å². The first kappa shape index (κ1) is 11.9. The first-order chi connectivity index (χ1) is 7.84. The molecule has 16 heavy (non-hydrogen) atoms. The second kappa shape index (κ2) is 6.23. The Balaban J connectivity index is 1.64. The summed E-state index contributed by atoms with van der Waals surface area (Å²) in [6.07, 6.45) is 1.14. The van der Waals surface area contributed by atoms with Crippen molar-refractivity contribution >= 4 is 21.6 Å². The number of anilines is 1. The quantitative estimate of drug-likeness (QED) is 0.814. The molecule has 1 fully saturated rings. The zero-order valence-corrected chi connectivity index (χ0v) is 10.8. The zero-order chi connectivity index (χ0) is 11.2. The van der Waals surface area contributed by atoms with E-state index >= 15 is 0 Å². The molecule has 1 heterocycles. The molecule has 4 heteroatoms. The smallest absolute Gasteiger partial charge is 0.0620 e. The molecule has 0 spiro atoms. The van der Waals surface area contributed by atoms with Gasteiger partial charge in [0.25, 0.3) is 0 Å². The Morgan fingerprint density at radius 3 is 3.06 bits per heavy atom. The number of ether oxygens (including phenoxy) is 1. The van der Waals surface area contributed by atoms with Crippen LogP contribution >= 0.6 is 15.9 Å². The minimum atomic E-state index is 0.546. The molecule has 0 aliphatic carbocycles. The number of hydrogen-bond donors (Lipinski definition) is 2. The number of rotatable bonds is 5. The Kier molecular flexibility index (Phi) is 4.63. The highest BCUT2D eigenvalue weighted by molar-refractivity contribution is 9.10. The van der Waals surface area contributed by atoms with Crippen LogP contribution in [0.5, 0.6) is 0 Å². The molecular formula is C12H17BrN2O. The monoisotopic (exact) mass is 284 g/mol. The van der Waals surface area contributed by atoms with Gasteiger partial charge in [-0.05, 0) is 24.6 Å². The minimum absolute atomic E-state index is 0.546. The Morgan fingerprint density at radius 1 is 1.38 bits per heavy atom. The van der Waals surface area contributed by atoms with Crippen LogP contribution in [0.2, 0.25) is 0 Å². The van der Waals surface area contributed by atoms with Crippen LogP contribution in [-0.4, -0.2) is 32.3 Å². The van der Waals surface area contributed by atoms with Crippen LogP contribution in [-0.2, 0) is 4.74 Å². The standard InChI is InChI=1S/C12H17BrN2O/c13-10-2-1-3-11(8-10)14-5-6-15-12-4-7-16-9-12/h1-3,8,12,14-15H,4-7,9H2. The van der Waals surface area contributed by atoms with Crippen LogP contribution in [0.4, 0.5) is 5.69 Å². The summed E-state index contributed by atoms with van der Waals surface area (Å²) in [5.74, 6) is 0.